The second-order valence-corrected chi connectivity index (χ2v) is 4.01. The van der Waals surface area contributed by atoms with Gasteiger partial charge in [-0.25, -0.2) is 4.79 Å². The normalized spacial score (nSPS) is 10.4. The lowest BCUT2D eigenvalue weighted by atomic mass is 10.1. The van der Waals surface area contributed by atoms with E-state index >= 15 is 0 Å². The molecule has 0 radical (unpaired) electrons. The van der Waals surface area contributed by atoms with Crippen LogP contribution in [0.1, 0.15) is 18.1 Å². The molecule has 1 rings (SSSR count). The van der Waals surface area contributed by atoms with E-state index in [0.717, 1.165) is 11.1 Å². The van der Waals surface area contributed by atoms with Crippen molar-refractivity contribution >= 4 is 5.97 Å². The molecule has 2 N–H and O–H groups in total. The summed E-state index contributed by atoms with van der Waals surface area (Å²) in [5.41, 5.74) is 2.01. The molecule has 1 aromatic carbocycles. The summed E-state index contributed by atoms with van der Waals surface area (Å²) >= 11 is 0. The molecule has 106 valence electrons. The Morgan fingerprint density at radius 2 is 2.16 bits per heavy atom. The standard InChI is InChI=1S/C14H21NO4/c1-2-19-14(17)11-18-7-6-15-9-12-4-3-5-13(8-12)10-16/h3-5,8,15-16H,2,6-7,9-11H2,1H3. The van der Waals surface area contributed by atoms with Crippen molar-refractivity contribution in [1.82, 2.24) is 5.32 Å². The van der Waals surface area contributed by atoms with Gasteiger partial charge in [-0.2, -0.15) is 0 Å². The molecule has 0 saturated heterocycles. The van der Waals surface area contributed by atoms with Gasteiger partial charge in [-0.3, -0.25) is 0 Å². The third-order valence-electron chi connectivity index (χ3n) is 2.45. The zero-order chi connectivity index (χ0) is 13.9. The molecule has 0 unspecified atom stereocenters. The number of hydrogen-bond donors (Lipinski definition) is 2. The topological polar surface area (TPSA) is 67.8 Å². The summed E-state index contributed by atoms with van der Waals surface area (Å²) in [6.07, 6.45) is 0. The monoisotopic (exact) mass is 267 g/mol. The molecular formula is C14H21NO4. The first-order chi connectivity index (χ1) is 9.26. The highest BCUT2D eigenvalue weighted by molar-refractivity contribution is 5.70. The van der Waals surface area contributed by atoms with Crippen LogP contribution in [0.25, 0.3) is 0 Å². The quantitative estimate of drug-likeness (QED) is 0.513. The van der Waals surface area contributed by atoms with Gasteiger partial charge in [0.2, 0.25) is 0 Å². The van der Waals surface area contributed by atoms with E-state index in [1.165, 1.54) is 0 Å². The molecule has 0 aromatic heterocycles. The van der Waals surface area contributed by atoms with E-state index in [0.29, 0.717) is 26.3 Å². The highest BCUT2D eigenvalue weighted by Gasteiger charge is 2.00. The van der Waals surface area contributed by atoms with E-state index in [-0.39, 0.29) is 19.2 Å². The third-order valence-corrected chi connectivity index (χ3v) is 2.45. The van der Waals surface area contributed by atoms with Crippen molar-refractivity contribution in [2.45, 2.75) is 20.1 Å². The molecule has 0 aliphatic rings. The molecule has 0 amide bonds. The van der Waals surface area contributed by atoms with Crippen LogP contribution in [0.3, 0.4) is 0 Å². The average molecular weight is 267 g/mol. The van der Waals surface area contributed by atoms with E-state index in [1.807, 2.05) is 24.3 Å². The Balaban J connectivity index is 2.08. The minimum absolute atomic E-state index is 0.00445. The lowest BCUT2D eigenvalue weighted by Gasteiger charge is -2.07. The number of aliphatic hydroxyl groups is 1. The fraction of sp³-hybridized carbons (Fsp3) is 0.500. The SMILES string of the molecule is CCOC(=O)COCCNCc1cccc(CO)c1. The Morgan fingerprint density at radius 1 is 1.37 bits per heavy atom. The van der Waals surface area contributed by atoms with Crippen LogP contribution in [0, 0.1) is 0 Å². The molecule has 0 saturated carbocycles. The van der Waals surface area contributed by atoms with Crippen molar-refractivity contribution in [3.63, 3.8) is 0 Å². The van der Waals surface area contributed by atoms with Gasteiger partial charge in [0.15, 0.2) is 0 Å². The Morgan fingerprint density at radius 3 is 2.89 bits per heavy atom. The number of aliphatic hydroxyl groups excluding tert-OH is 1. The molecule has 5 heteroatoms. The summed E-state index contributed by atoms with van der Waals surface area (Å²) in [6.45, 7) is 4.01. The maximum Gasteiger partial charge on any atom is 0.332 e. The van der Waals surface area contributed by atoms with Gasteiger partial charge in [0, 0.05) is 13.1 Å². The molecule has 0 heterocycles. The van der Waals surface area contributed by atoms with E-state index in [1.54, 1.807) is 6.92 Å². The van der Waals surface area contributed by atoms with Gasteiger partial charge < -0.3 is 19.9 Å². The highest BCUT2D eigenvalue weighted by atomic mass is 16.6. The minimum Gasteiger partial charge on any atom is -0.464 e. The summed E-state index contributed by atoms with van der Waals surface area (Å²) in [7, 11) is 0. The molecule has 0 fully saturated rings. The van der Waals surface area contributed by atoms with E-state index in [9.17, 15) is 4.79 Å². The first kappa shape index (κ1) is 15.6. The van der Waals surface area contributed by atoms with Crippen LogP contribution >= 0.6 is 0 Å². The molecule has 0 aliphatic heterocycles. The van der Waals surface area contributed by atoms with Gasteiger partial charge in [-0.1, -0.05) is 24.3 Å². The van der Waals surface area contributed by atoms with Gasteiger partial charge in [-0.05, 0) is 18.1 Å². The summed E-state index contributed by atoms with van der Waals surface area (Å²) in [6, 6.07) is 7.74. The number of benzene rings is 1. The average Bonchev–Trinajstić information content (AvgIpc) is 2.43. The van der Waals surface area contributed by atoms with Crippen molar-refractivity contribution in [2.75, 3.05) is 26.4 Å². The number of hydrogen-bond acceptors (Lipinski definition) is 5. The van der Waals surface area contributed by atoms with Gasteiger partial charge >= 0.3 is 5.97 Å². The zero-order valence-corrected chi connectivity index (χ0v) is 11.2. The molecule has 5 nitrogen and oxygen atoms in total. The molecule has 0 bridgehead atoms. The Hall–Kier alpha value is -1.43. The highest BCUT2D eigenvalue weighted by Crippen LogP contribution is 2.04. The van der Waals surface area contributed by atoms with Crippen LogP contribution in [0.4, 0.5) is 0 Å². The van der Waals surface area contributed by atoms with Crippen LogP contribution in [-0.2, 0) is 27.4 Å². The van der Waals surface area contributed by atoms with Crippen LogP contribution in [0.2, 0.25) is 0 Å². The summed E-state index contributed by atoms with van der Waals surface area (Å²) in [5, 5.41) is 12.2. The molecule has 19 heavy (non-hydrogen) atoms. The molecule has 0 spiro atoms. The van der Waals surface area contributed by atoms with E-state index in [4.69, 9.17) is 14.6 Å². The van der Waals surface area contributed by atoms with Crippen LogP contribution in [0.15, 0.2) is 24.3 Å². The number of carbonyl (C=O) groups excluding carboxylic acids is 1. The molecule has 0 atom stereocenters. The predicted octanol–water partition coefficient (Wildman–Crippen LogP) is 0.848. The Labute approximate surface area is 113 Å². The molecular weight excluding hydrogens is 246 g/mol. The second kappa shape index (κ2) is 9.49. The summed E-state index contributed by atoms with van der Waals surface area (Å²) in [5.74, 6) is -0.335. The Bertz CT molecular complexity index is 381. The van der Waals surface area contributed by atoms with Crippen LogP contribution < -0.4 is 5.32 Å². The summed E-state index contributed by atoms with van der Waals surface area (Å²) < 4.78 is 9.89. The third kappa shape index (κ3) is 6.91. The van der Waals surface area contributed by atoms with Crippen LogP contribution in [-0.4, -0.2) is 37.4 Å². The second-order valence-electron chi connectivity index (χ2n) is 4.01. The molecule has 0 aliphatic carbocycles. The fourth-order valence-electron chi connectivity index (χ4n) is 1.57. The number of esters is 1. The lowest BCUT2D eigenvalue weighted by molar-refractivity contribution is -0.148. The molecule has 1 aromatic rings. The smallest absolute Gasteiger partial charge is 0.332 e. The maximum absolute atomic E-state index is 11.0. The van der Waals surface area contributed by atoms with Crippen molar-refractivity contribution in [3.05, 3.63) is 35.4 Å². The summed E-state index contributed by atoms with van der Waals surface area (Å²) in [4.78, 5) is 11.0. The number of ether oxygens (including phenoxy) is 2. The van der Waals surface area contributed by atoms with Gasteiger partial charge in [0.1, 0.15) is 6.61 Å². The zero-order valence-electron chi connectivity index (χ0n) is 11.2. The van der Waals surface area contributed by atoms with Gasteiger partial charge in [-0.15, -0.1) is 0 Å². The van der Waals surface area contributed by atoms with Crippen molar-refractivity contribution in [3.8, 4) is 0 Å². The Kier molecular flexibility index (Phi) is 7.81. The van der Waals surface area contributed by atoms with Gasteiger partial charge in [0.05, 0.1) is 19.8 Å². The lowest BCUT2D eigenvalue weighted by Crippen LogP contribution is -2.21. The van der Waals surface area contributed by atoms with E-state index < -0.39 is 0 Å². The maximum atomic E-state index is 11.0. The first-order valence-corrected chi connectivity index (χ1v) is 6.39. The number of nitrogens with one attached hydrogen (secondary N) is 1. The van der Waals surface area contributed by atoms with Crippen LogP contribution in [0.5, 0.6) is 0 Å². The van der Waals surface area contributed by atoms with Crippen molar-refractivity contribution < 1.29 is 19.4 Å². The van der Waals surface area contributed by atoms with Crippen molar-refractivity contribution in [1.29, 1.82) is 0 Å². The number of rotatable bonds is 9. The predicted molar refractivity (Wildman–Crippen MR) is 71.5 cm³/mol. The van der Waals surface area contributed by atoms with Gasteiger partial charge in [0.25, 0.3) is 0 Å². The number of carbonyl (C=O) groups is 1. The fourth-order valence-corrected chi connectivity index (χ4v) is 1.57. The largest absolute Gasteiger partial charge is 0.464 e. The van der Waals surface area contributed by atoms with Crippen molar-refractivity contribution in [2.24, 2.45) is 0 Å². The first-order valence-electron chi connectivity index (χ1n) is 6.39. The minimum atomic E-state index is -0.335. The van der Waals surface area contributed by atoms with E-state index in [2.05, 4.69) is 5.32 Å².